The maximum Gasteiger partial charge on any atom is 0.311 e. The first kappa shape index (κ1) is 13.8. The highest BCUT2D eigenvalue weighted by atomic mass is 79.9. The Bertz CT molecular complexity index is 563. The fourth-order valence-electron chi connectivity index (χ4n) is 2.18. The lowest BCUT2D eigenvalue weighted by Crippen LogP contribution is -2.21. The van der Waals surface area contributed by atoms with Crippen molar-refractivity contribution < 1.29 is 19.4 Å². The van der Waals surface area contributed by atoms with E-state index >= 15 is 0 Å². The summed E-state index contributed by atoms with van der Waals surface area (Å²) in [7, 11) is 1.56. The predicted octanol–water partition coefficient (Wildman–Crippen LogP) is 2.90. The highest BCUT2D eigenvalue weighted by Crippen LogP contribution is 2.35. The average Bonchev–Trinajstić information content (AvgIpc) is 2.38. The van der Waals surface area contributed by atoms with E-state index in [9.17, 15) is 14.7 Å². The molecule has 0 saturated carbocycles. The Morgan fingerprint density at radius 3 is 2.79 bits per heavy atom. The van der Waals surface area contributed by atoms with Gasteiger partial charge in [-0.3, -0.25) is 9.59 Å². The van der Waals surface area contributed by atoms with Crippen LogP contribution in [0, 0.1) is 5.92 Å². The number of hydrogen-bond acceptors (Lipinski definition) is 3. The summed E-state index contributed by atoms with van der Waals surface area (Å²) in [5, 5.41) is 9.24. The minimum absolute atomic E-state index is 0.0283. The fraction of sp³-hybridized carbons (Fsp3) is 0.286. The van der Waals surface area contributed by atoms with E-state index in [1.165, 1.54) is 6.08 Å². The van der Waals surface area contributed by atoms with Gasteiger partial charge < -0.3 is 9.84 Å². The number of rotatable bonds is 3. The van der Waals surface area contributed by atoms with Gasteiger partial charge >= 0.3 is 5.97 Å². The van der Waals surface area contributed by atoms with Crippen LogP contribution < -0.4 is 4.74 Å². The summed E-state index contributed by atoms with van der Waals surface area (Å²) in [5.74, 6) is -0.888. The quantitative estimate of drug-likeness (QED) is 0.928. The number of carbonyl (C=O) groups is 2. The van der Waals surface area contributed by atoms with E-state index in [0.717, 1.165) is 10.0 Å². The molecule has 4 nitrogen and oxygen atoms in total. The van der Waals surface area contributed by atoms with Gasteiger partial charge in [-0.15, -0.1) is 0 Å². The Labute approximate surface area is 119 Å². The van der Waals surface area contributed by atoms with Crippen molar-refractivity contribution in [1.82, 2.24) is 0 Å². The molecule has 1 aliphatic rings. The molecule has 1 N–H and O–H groups in total. The van der Waals surface area contributed by atoms with Crippen LogP contribution in [0.2, 0.25) is 0 Å². The number of carboxylic acids is 1. The van der Waals surface area contributed by atoms with Crippen LogP contribution in [-0.4, -0.2) is 24.0 Å². The van der Waals surface area contributed by atoms with Gasteiger partial charge in [0.1, 0.15) is 5.75 Å². The van der Waals surface area contributed by atoms with Crippen LogP contribution in [0.3, 0.4) is 0 Å². The van der Waals surface area contributed by atoms with Crippen LogP contribution in [0.4, 0.5) is 0 Å². The van der Waals surface area contributed by atoms with Gasteiger partial charge in [0.05, 0.1) is 17.5 Å². The standard InChI is InChI=1S/C14H13BrO4/c1-19-13-5-2-8(6-12(13)15)11-7-9(16)3-4-10(11)14(17)18/h2,5-7,10H,3-4H2,1H3,(H,17,18). The van der Waals surface area contributed by atoms with E-state index < -0.39 is 11.9 Å². The summed E-state index contributed by atoms with van der Waals surface area (Å²) >= 11 is 3.36. The molecular weight excluding hydrogens is 312 g/mol. The number of ketones is 1. The molecule has 1 atom stereocenters. The Morgan fingerprint density at radius 1 is 1.47 bits per heavy atom. The Hall–Kier alpha value is -1.62. The first-order valence-corrected chi connectivity index (χ1v) is 6.63. The third-order valence-electron chi connectivity index (χ3n) is 3.15. The van der Waals surface area contributed by atoms with Crippen LogP contribution in [0.1, 0.15) is 18.4 Å². The number of hydrogen-bond donors (Lipinski definition) is 1. The lowest BCUT2D eigenvalue weighted by molar-refractivity contribution is -0.140. The van der Waals surface area contributed by atoms with Crippen LogP contribution >= 0.6 is 15.9 Å². The molecule has 0 aliphatic heterocycles. The van der Waals surface area contributed by atoms with Crippen molar-refractivity contribution in [3.8, 4) is 5.75 Å². The zero-order chi connectivity index (χ0) is 14.0. The molecule has 2 rings (SSSR count). The molecule has 1 aromatic rings. The molecule has 1 aromatic carbocycles. The number of methoxy groups -OCH3 is 1. The Kier molecular flexibility index (Phi) is 4.04. The zero-order valence-electron chi connectivity index (χ0n) is 10.4. The van der Waals surface area contributed by atoms with Gasteiger partial charge in [-0.05, 0) is 51.7 Å². The van der Waals surface area contributed by atoms with Gasteiger partial charge in [0.2, 0.25) is 0 Å². The van der Waals surface area contributed by atoms with E-state index in [-0.39, 0.29) is 12.2 Å². The Balaban J connectivity index is 2.45. The van der Waals surface area contributed by atoms with E-state index in [2.05, 4.69) is 15.9 Å². The monoisotopic (exact) mass is 324 g/mol. The van der Waals surface area contributed by atoms with Gasteiger partial charge in [0.25, 0.3) is 0 Å². The smallest absolute Gasteiger partial charge is 0.311 e. The molecule has 1 unspecified atom stereocenters. The second-order valence-electron chi connectivity index (χ2n) is 4.34. The lowest BCUT2D eigenvalue weighted by Gasteiger charge is -2.20. The molecule has 0 saturated heterocycles. The molecule has 0 spiro atoms. The third-order valence-corrected chi connectivity index (χ3v) is 3.77. The summed E-state index contributed by atoms with van der Waals surface area (Å²) in [5.41, 5.74) is 1.29. The van der Waals surface area contributed by atoms with Crippen molar-refractivity contribution >= 4 is 33.3 Å². The average molecular weight is 325 g/mol. The molecule has 19 heavy (non-hydrogen) atoms. The highest BCUT2D eigenvalue weighted by molar-refractivity contribution is 9.10. The summed E-state index contributed by atoms with van der Waals surface area (Å²) in [6.45, 7) is 0. The molecule has 0 amide bonds. The Morgan fingerprint density at radius 2 is 2.21 bits per heavy atom. The number of aliphatic carboxylic acids is 1. The van der Waals surface area contributed by atoms with E-state index in [4.69, 9.17) is 4.74 Å². The topological polar surface area (TPSA) is 63.6 Å². The number of allylic oxidation sites excluding steroid dienone is 1. The molecule has 0 heterocycles. The largest absolute Gasteiger partial charge is 0.496 e. The van der Waals surface area contributed by atoms with Crippen molar-refractivity contribution in [2.75, 3.05) is 7.11 Å². The van der Waals surface area contributed by atoms with Crippen LogP contribution in [-0.2, 0) is 9.59 Å². The molecule has 0 radical (unpaired) electrons. The van der Waals surface area contributed by atoms with Crippen molar-refractivity contribution in [3.63, 3.8) is 0 Å². The third kappa shape index (κ3) is 2.87. The number of benzene rings is 1. The molecule has 100 valence electrons. The zero-order valence-corrected chi connectivity index (χ0v) is 11.9. The minimum atomic E-state index is -0.898. The van der Waals surface area contributed by atoms with Crippen molar-refractivity contribution in [1.29, 1.82) is 0 Å². The number of halogens is 1. The summed E-state index contributed by atoms with van der Waals surface area (Å²) < 4.78 is 5.87. The number of carboxylic acid groups (broad SMARTS) is 1. The molecule has 1 aliphatic carbocycles. The van der Waals surface area contributed by atoms with E-state index in [1.54, 1.807) is 25.3 Å². The molecule has 0 bridgehead atoms. The van der Waals surface area contributed by atoms with Crippen LogP contribution in [0.5, 0.6) is 5.75 Å². The summed E-state index contributed by atoms with van der Waals surface area (Å²) in [4.78, 5) is 22.8. The van der Waals surface area contributed by atoms with Crippen LogP contribution in [0.25, 0.3) is 5.57 Å². The van der Waals surface area contributed by atoms with Gasteiger partial charge in [0, 0.05) is 6.42 Å². The normalized spacial score (nSPS) is 18.9. The second-order valence-corrected chi connectivity index (χ2v) is 5.20. The summed E-state index contributed by atoms with van der Waals surface area (Å²) in [6.07, 6.45) is 2.08. The molecule has 5 heteroatoms. The van der Waals surface area contributed by atoms with Crippen LogP contribution in [0.15, 0.2) is 28.7 Å². The predicted molar refractivity (Wildman–Crippen MR) is 74.0 cm³/mol. The minimum Gasteiger partial charge on any atom is -0.496 e. The van der Waals surface area contributed by atoms with Crippen molar-refractivity contribution in [3.05, 3.63) is 34.3 Å². The second kappa shape index (κ2) is 5.57. The number of ether oxygens (including phenoxy) is 1. The highest BCUT2D eigenvalue weighted by Gasteiger charge is 2.28. The molecule has 0 aromatic heterocycles. The maximum absolute atomic E-state index is 11.5. The van der Waals surface area contributed by atoms with Gasteiger partial charge in [0.15, 0.2) is 5.78 Å². The number of carbonyl (C=O) groups excluding carboxylic acids is 1. The first-order chi connectivity index (χ1) is 9.02. The molecular formula is C14H13BrO4. The maximum atomic E-state index is 11.5. The van der Waals surface area contributed by atoms with Gasteiger partial charge in [-0.2, -0.15) is 0 Å². The SMILES string of the molecule is COc1ccc(C2=CC(=O)CCC2C(=O)O)cc1Br. The fourth-order valence-corrected chi connectivity index (χ4v) is 2.72. The molecule has 0 fully saturated rings. The van der Waals surface area contributed by atoms with Gasteiger partial charge in [-0.1, -0.05) is 6.07 Å². The lowest BCUT2D eigenvalue weighted by atomic mass is 9.83. The van der Waals surface area contributed by atoms with Gasteiger partial charge in [-0.25, -0.2) is 0 Å². The summed E-state index contributed by atoms with van der Waals surface area (Å²) in [6, 6.07) is 5.29. The van der Waals surface area contributed by atoms with Crippen molar-refractivity contribution in [2.45, 2.75) is 12.8 Å². The van der Waals surface area contributed by atoms with Crippen molar-refractivity contribution in [2.24, 2.45) is 5.92 Å². The van der Waals surface area contributed by atoms with E-state index in [0.29, 0.717) is 17.7 Å². The van der Waals surface area contributed by atoms with E-state index in [1.807, 2.05) is 0 Å². The first-order valence-electron chi connectivity index (χ1n) is 5.84.